The monoisotopic (exact) mass is 369 g/mol. The first kappa shape index (κ1) is 17.0. The van der Waals surface area contributed by atoms with E-state index < -0.39 is 12.6 Å². The van der Waals surface area contributed by atoms with Crippen LogP contribution < -0.4 is 9.47 Å². The quantitative estimate of drug-likeness (QED) is 0.605. The summed E-state index contributed by atoms with van der Waals surface area (Å²) in [5, 5.41) is 0. The van der Waals surface area contributed by atoms with Crippen LogP contribution in [0.5, 0.6) is 11.5 Å². The first-order chi connectivity index (χ1) is 13.1. The number of ether oxygens (including phenoxy) is 3. The molecule has 0 aliphatic carbocycles. The largest absolute Gasteiger partial charge is 0.488 e. The normalized spacial score (nSPS) is 17.1. The zero-order valence-corrected chi connectivity index (χ0v) is 13.9. The highest BCUT2D eigenvalue weighted by atomic mass is 19.3. The van der Waals surface area contributed by atoms with E-state index in [0.29, 0.717) is 12.2 Å². The molecule has 0 radical (unpaired) electrons. The van der Waals surface area contributed by atoms with Crippen molar-refractivity contribution in [3.63, 3.8) is 0 Å². The topological polar surface area (TPSA) is 57.1 Å². The zero-order chi connectivity index (χ0) is 18.8. The molecule has 2 heterocycles. The SMILES string of the molecule is O=C1OC(c2ccc(OC(F)F)cc2)=NC1=CC1=Cc2ccccc2OC1. The van der Waals surface area contributed by atoms with Crippen LogP contribution >= 0.6 is 0 Å². The van der Waals surface area contributed by atoms with Gasteiger partial charge in [0.1, 0.15) is 18.1 Å². The molecule has 2 aromatic rings. The number of para-hydroxylation sites is 1. The number of esters is 1. The number of halogens is 2. The number of nitrogens with zero attached hydrogens (tertiary/aromatic N) is 1. The van der Waals surface area contributed by atoms with Crippen LogP contribution in [0.2, 0.25) is 0 Å². The third-order valence-corrected chi connectivity index (χ3v) is 3.92. The molecule has 0 fully saturated rings. The summed E-state index contributed by atoms with van der Waals surface area (Å²) in [6, 6.07) is 13.3. The predicted molar refractivity (Wildman–Crippen MR) is 93.7 cm³/mol. The van der Waals surface area contributed by atoms with E-state index in [1.165, 1.54) is 24.3 Å². The van der Waals surface area contributed by atoms with Crippen LogP contribution in [0.3, 0.4) is 0 Å². The number of benzene rings is 2. The van der Waals surface area contributed by atoms with Crippen molar-refractivity contribution in [2.45, 2.75) is 6.61 Å². The van der Waals surface area contributed by atoms with E-state index in [2.05, 4.69) is 9.73 Å². The number of hydrogen-bond acceptors (Lipinski definition) is 5. The summed E-state index contributed by atoms with van der Waals surface area (Å²) in [6.07, 6.45) is 3.53. The molecule has 5 nitrogen and oxygen atoms in total. The van der Waals surface area contributed by atoms with E-state index in [0.717, 1.165) is 16.9 Å². The first-order valence-corrected chi connectivity index (χ1v) is 8.09. The molecule has 0 unspecified atom stereocenters. The fraction of sp³-hybridized carbons (Fsp3) is 0.100. The Bertz CT molecular complexity index is 978. The molecule has 0 aromatic heterocycles. The van der Waals surface area contributed by atoms with Crippen molar-refractivity contribution >= 4 is 17.9 Å². The van der Waals surface area contributed by atoms with Crippen LogP contribution in [0.4, 0.5) is 8.78 Å². The van der Waals surface area contributed by atoms with Crippen molar-refractivity contribution in [1.82, 2.24) is 0 Å². The summed E-state index contributed by atoms with van der Waals surface area (Å²) in [7, 11) is 0. The fourth-order valence-electron chi connectivity index (χ4n) is 2.70. The van der Waals surface area contributed by atoms with Crippen LogP contribution in [0, 0.1) is 0 Å². The predicted octanol–water partition coefficient (Wildman–Crippen LogP) is 3.95. The molecular formula is C20H13F2NO4. The van der Waals surface area contributed by atoms with Gasteiger partial charge in [-0.1, -0.05) is 18.2 Å². The molecule has 4 rings (SSSR count). The molecule has 0 N–H and O–H groups in total. The number of aliphatic imine (C=N–C) groups is 1. The number of cyclic esters (lactones) is 1. The Morgan fingerprint density at radius 2 is 1.89 bits per heavy atom. The molecule has 136 valence electrons. The van der Waals surface area contributed by atoms with Gasteiger partial charge in [-0.25, -0.2) is 9.79 Å². The van der Waals surface area contributed by atoms with Gasteiger partial charge in [0.2, 0.25) is 5.90 Å². The summed E-state index contributed by atoms with van der Waals surface area (Å²) in [5.74, 6) is 0.312. The standard InChI is InChI=1S/C20H13F2NO4/c21-20(22)26-15-7-5-13(6-8-15)18-23-16(19(24)27-18)10-12-9-14-3-1-2-4-17(14)25-11-12/h1-10,20H,11H2. The Kier molecular flexibility index (Phi) is 4.42. The van der Waals surface area contributed by atoms with Gasteiger partial charge in [-0.2, -0.15) is 8.78 Å². The van der Waals surface area contributed by atoms with Crippen molar-refractivity contribution in [3.8, 4) is 11.5 Å². The number of rotatable bonds is 4. The van der Waals surface area contributed by atoms with E-state index in [-0.39, 0.29) is 17.3 Å². The summed E-state index contributed by atoms with van der Waals surface area (Å²) < 4.78 is 39.5. The molecule has 27 heavy (non-hydrogen) atoms. The van der Waals surface area contributed by atoms with Crippen LogP contribution in [-0.2, 0) is 9.53 Å². The van der Waals surface area contributed by atoms with E-state index in [9.17, 15) is 13.6 Å². The van der Waals surface area contributed by atoms with Gasteiger partial charge in [0.15, 0.2) is 5.70 Å². The molecule has 2 aromatic carbocycles. The maximum Gasteiger partial charge on any atom is 0.387 e. The van der Waals surface area contributed by atoms with Crippen LogP contribution in [-0.4, -0.2) is 25.1 Å². The summed E-state index contributed by atoms with van der Waals surface area (Å²) in [4.78, 5) is 16.3. The van der Waals surface area contributed by atoms with E-state index >= 15 is 0 Å². The number of hydrogen-bond donors (Lipinski definition) is 0. The average molecular weight is 369 g/mol. The lowest BCUT2D eigenvalue weighted by atomic mass is 10.1. The molecule has 0 saturated carbocycles. The minimum absolute atomic E-state index is 0.0117. The molecule has 2 aliphatic heterocycles. The zero-order valence-electron chi connectivity index (χ0n) is 13.9. The Hall–Kier alpha value is -3.48. The third kappa shape index (κ3) is 3.72. The molecular weight excluding hydrogens is 356 g/mol. The number of fused-ring (bicyclic) bond motifs is 1. The van der Waals surface area contributed by atoms with Crippen molar-refractivity contribution in [3.05, 3.63) is 77.0 Å². The van der Waals surface area contributed by atoms with Crippen molar-refractivity contribution in [2.24, 2.45) is 4.99 Å². The summed E-state index contributed by atoms with van der Waals surface area (Å²) in [5.41, 5.74) is 2.33. The molecule has 0 amide bonds. The van der Waals surface area contributed by atoms with Gasteiger partial charge in [-0.05, 0) is 48.1 Å². The van der Waals surface area contributed by atoms with Gasteiger partial charge in [0, 0.05) is 11.1 Å². The van der Waals surface area contributed by atoms with E-state index in [4.69, 9.17) is 9.47 Å². The van der Waals surface area contributed by atoms with E-state index in [1.807, 2.05) is 30.3 Å². The summed E-state index contributed by atoms with van der Waals surface area (Å²) >= 11 is 0. The molecule has 0 saturated heterocycles. The second-order valence-electron chi connectivity index (χ2n) is 5.78. The molecule has 0 spiro atoms. The van der Waals surface area contributed by atoms with Gasteiger partial charge in [-0.3, -0.25) is 0 Å². The maximum atomic E-state index is 12.2. The second-order valence-corrected chi connectivity index (χ2v) is 5.78. The fourth-order valence-corrected chi connectivity index (χ4v) is 2.70. The van der Waals surface area contributed by atoms with Crippen LogP contribution in [0.15, 0.2) is 70.9 Å². The van der Waals surface area contributed by atoms with Gasteiger partial charge in [0.25, 0.3) is 0 Å². The van der Waals surface area contributed by atoms with Crippen LogP contribution in [0.25, 0.3) is 6.08 Å². The number of carbonyl (C=O) groups excluding carboxylic acids is 1. The van der Waals surface area contributed by atoms with Crippen molar-refractivity contribution in [1.29, 1.82) is 0 Å². The number of carbonyl (C=O) groups is 1. The Morgan fingerprint density at radius 1 is 1.11 bits per heavy atom. The highest BCUT2D eigenvalue weighted by Crippen LogP contribution is 2.28. The Balaban J connectivity index is 1.56. The summed E-state index contributed by atoms with van der Waals surface area (Å²) in [6.45, 7) is -2.58. The van der Waals surface area contributed by atoms with Gasteiger partial charge >= 0.3 is 12.6 Å². The number of alkyl halides is 2. The lowest BCUT2D eigenvalue weighted by molar-refractivity contribution is -0.130. The van der Waals surface area contributed by atoms with E-state index in [1.54, 1.807) is 6.08 Å². The van der Waals surface area contributed by atoms with Crippen molar-refractivity contribution < 1.29 is 27.8 Å². The average Bonchev–Trinajstić information content (AvgIpc) is 3.02. The second kappa shape index (κ2) is 7.03. The van der Waals surface area contributed by atoms with Gasteiger partial charge in [0.05, 0.1) is 0 Å². The Morgan fingerprint density at radius 3 is 2.67 bits per heavy atom. The molecule has 2 aliphatic rings. The Labute approximate surface area is 153 Å². The lowest BCUT2D eigenvalue weighted by Crippen LogP contribution is -2.08. The highest BCUT2D eigenvalue weighted by Gasteiger charge is 2.25. The third-order valence-electron chi connectivity index (χ3n) is 3.92. The molecule has 0 bridgehead atoms. The smallest absolute Gasteiger partial charge is 0.387 e. The maximum absolute atomic E-state index is 12.2. The first-order valence-electron chi connectivity index (χ1n) is 8.09. The minimum Gasteiger partial charge on any atom is -0.488 e. The minimum atomic E-state index is -2.90. The van der Waals surface area contributed by atoms with Crippen LogP contribution in [0.1, 0.15) is 11.1 Å². The molecule has 0 atom stereocenters. The highest BCUT2D eigenvalue weighted by molar-refractivity contribution is 6.11. The van der Waals surface area contributed by atoms with Crippen molar-refractivity contribution in [2.75, 3.05) is 6.61 Å². The van der Waals surface area contributed by atoms with Gasteiger partial charge in [-0.15, -0.1) is 0 Å². The molecule has 7 heteroatoms. The van der Waals surface area contributed by atoms with Gasteiger partial charge < -0.3 is 14.2 Å². The lowest BCUT2D eigenvalue weighted by Gasteiger charge is -2.15.